The van der Waals surface area contributed by atoms with E-state index in [1.54, 1.807) is 7.11 Å². The van der Waals surface area contributed by atoms with Gasteiger partial charge in [0.05, 0.1) is 18.5 Å². The van der Waals surface area contributed by atoms with Crippen molar-refractivity contribution in [2.75, 3.05) is 36.7 Å². The predicted octanol–water partition coefficient (Wildman–Crippen LogP) is 3.61. The molecule has 0 aliphatic carbocycles. The average Bonchev–Trinajstić information content (AvgIpc) is 2.67. The summed E-state index contributed by atoms with van der Waals surface area (Å²) >= 11 is 0. The van der Waals surface area contributed by atoms with Crippen molar-refractivity contribution in [2.45, 2.75) is 25.7 Å². The maximum atomic E-state index is 6.39. The molecular weight excluding hydrogens is 298 g/mol. The van der Waals surface area contributed by atoms with Crippen molar-refractivity contribution in [3.63, 3.8) is 0 Å². The molecule has 0 spiro atoms. The second-order valence-corrected chi connectivity index (χ2v) is 6.33. The van der Waals surface area contributed by atoms with Crippen LogP contribution in [0.25, 0.3) is 0 Å². The number of methoxy groups -OCH3 is 1. The zero-order valence-corrected chi connectivity index (χ0v) is 14.4. The van der Waals surface area contributed by atoms with Gasteiger partial charge in [0.2, 0.25) is 0 Å². The maximum absolute atomic E-state index is 6.39. The van der Waals surface area contributed by atoms with Crippen LogP contribution in [0.1, 0.15) is 24.8 Å². The zero-order chi connectivity index (χ0) is 16.8. The highest BCUT2D eigenvalue weighted by molar-refractivity contribution is 5.70. The first kappa shape index (κ1) is 16.7. The van der Waals surface area contributed by atoms with Gasteiger partial charge in [0.15, 0.2) is 0 Å². The lowest BCUT2D eigenvalue weighted by Gasteiger charge is -2.32. The van der Waals surface area contributed by atoms with E-state index >= 15 is 0 Å². The Bertz CT molecular complexity index is 636. The van der Waals surface area contributed by atoms with E-state index in [1.165, 1.54) is 30.5 Å². The van der Waals surface area contributed by atoms with Gasteiger partial charge in [-0.05, 0) is 55.5 Å². The Balaban J connectivity index is 1.66. The number of nitrogens with two attached hydrogens (primary N) is 1. The molecule has 128 valence electrons. The van der Waals surface area contributed by atoms with Crippen LogP contribution in [0.15, 0.2) is 48.5 Å². The van der Waals surface area contributed by atoms with E-state index in [1.807, 2.05) is 17.1 Å². The van der Waals surface area contributed by atoms with Crippen LogP contribution in [0.4, 0.5) is 11.4 Å². The van der Waals surface area contributed by atoms with Crippen LogP contribution in [0, 0.1) is 0 Å². The molecule has 24 heavy (non-hydrogen) atoms. The SMILES string of the molecule is COc1ccc(CCN(N)c2ccccc2N2CCCCC2)cc1. The average molecular weight is 325 g/mol. The van der Waals surface area contributed by atoms with Gasteiger partial charge >= 0.3 is 0 Å². The first-order chi connectivity index (χ1) is 11.8. The molecule has 1 heterocycles. The van der Waals surface area contributed by atoms with Gasteiger partial charge in [-0.25, -0.2) is 5.84 Å². The molecule has 1 fully saturated rings. The van der Waals surface area contributed by atoms with Gasteiger partial charge in [-0.2, -0.15) is 0 Å². The summed E-state index contributed by atoms with van der Waals surface area (Å²) in [5.74, 6) is 7.28. The molecule has 2 aromatic rings. The molecule has 0 bridgehead atoms. The summed E-state index contributed by atoms with van der Waals surface area (Å²) in [5, 5.41) is 1.88. The van der Waals surface area contributed by atoms with Crippen molar-refractivity contribution in [1.29, 1.82) is 0 Å². The van der Waals surface area contributed by atoms with E-state index in [-0.39, 0.29) is 0 Å². The van der Waals surface area contributed by atoms with Gasteiger partial charge in [0, 0.05) is 19.6 Å². The fourth-order valence-electron chi connectivity index (χ4n) is 3.27. The molecule has 4 heteroatoms. The molecule has 0 saturated carbocycles. The number of hydrogen-bond donors (Lipinski definition) is 1. The first-order valence-corrected chi connectivity index (χ1v) is 8.77. The van der Waals surface area contributed by atoms with E-state index in [4.69, 9.17) is 10.6 Å². The van der Waals surface area contributed by atoms with Crippen molar-refractivity contribution in [1.82, 2.24) is 0 Å². The van der Waals surface area contributed by atoms with Gasteiger partial charge < -0.3 is 14.6 Å². The minimum atomic E-state index is 0.789. The monoisotopic (exact) mass is 325 g/mol. The fourth-order valence-corrected chi connectivity index (χ4v) is 3.27. The molecule has 4 nitrogen and oxygen atoms in total. The van der Waals surface area contributed by atoms with Gasteiger partial charge in [-0.1, -0.05) is 24.3 Å². The van der Waals surface area contributed by atoms with Gasteiger partial charge in [-0.3, -0.25) is 0 Å². The molecule has 0 radical (unpaired) electrons. The van der Waals surface area contributed by atoms with Crippen LogP contribution in [-0.2, 0) is 6.42 Å². The van der Waals surface area contributed by atoms with E-state index in [2.05, 4.69) is 41.3 Å². The predicted molar refractivity (Wildman–Crippen MR) is 101 cm³/mol. The number of nitrogens with zero attached hydrogens (tertiary/aromatic N) is 2. The molecule has 0 amide bonds. The van der Waals surface area contributed by atoms with Crippen LogP contribution >= 0.6 is 0 Å². The Morgan fingerprint density at radius 3 is 2.42 bits per heavy atom. The zero-order valence-electron chi connectivity index (χ0n) is 14.4. The number of para-hydroxylation sites is 2. The molecule has 0 atom stereocenters. The number of piperidine rings is 1. The third-order valence-electron chi connectivity index (χ3n) is 4.69. The lowest BCUT2D eigenvalue weighted by molar-refractivity contribution is 0.414. The van der Waals surface area contributed by atoms with Crippen molar-refractivity contribution in [2.24, 2.45) is 5.84 Å². The Labute approximate surface area is 144 Å². The largest absolute Gasteiger partial charge is 0.497 e. The molecule has 2 aromatic carbocycles. The molecule has 3 rings (SSSR count). The highest BCUT2D eigenvalue weighted by Gasteiger charge is 2.16. The normalized spacial score (nSPS) is 14.5. The van der Waals surface area contributed by atoms with Crippen molar-refractivity contribution < 1.29 is 4.74 Å². The Hall–Kier alpha value is -2.20. The fraction of sp³-hybridized carbons (Fsp3) is 0.400. The molecule has 1 aliphatic rings. The highest BCUT2D eigenvalue weighted by Crippen LogP contribution is 2.30. The number of benzene rings is 2. The minimum absolute atomic E-state index is 0.789. The quantitative estimate of drug-likeness (QED) is 0.651. The molecule has 1 saturated heterocycles. The second kappa shape index (κ2) is 8.06. The molecule has 0 aromatic heterocycles. The van der Waals surface area contributed by atoms with Gasteiger partial charge in [0.1, 0.15) is 5.75 Å². The molecule has 1 aliphatic heterocycles. The minimum Gasteiger partial charge on any atom is -0.497 e. The molecule has 0 unspecified atom stereocenters. The van der Waals surface area contributed by atoms with E-state index in [9.17, 15) is 0 Å². The maximum Gasteiger partial charge on any atom is 0.118 e. The van der Waals surface area contributed by atoms with Crippen LogP contribution in [0.5, 0.6) is 5.75 Å². The lowest BCUT2D eigenvalue weighted by atomic mass is 10.1. The number of ether oxygens (including phenoxy) is 1. The topological polar surface area (TPSA) is 41.7 Å². The van der Waals surface area contributed by atoms with Crippen molar-refractivity contribution in [3.05, 3.63) is 54.1 Å². The highest BCUT2D eigenvalue weighted by atomic mass is 16.5. The summed E-state index contributed by atoms with van der Waals surface area (Å²) in [4.78, 5) is 2.46. The summed E-state index contributed by atoms with van der Waals surface area (Å²) in [7, 11) is 1.69. The summed E-state index contributed by atoms with van der Waals surface area (Å²) in [5.41, 5.74) is 3.64. The third-order valence-corrected chi connectivity index (χ3v) is 4.69. The van der Waals surface area contributed by atoms with E-state index in [0.29, 0.717) is 0 Å². The van der Waals surface area contributed by atoms with Gasteiger partial charge in [-0.15, -0.1) is 0 Å². The first-order valence-electron chi connectivity index (χ1n) is 8.77. The van der Waals surface area contributed by atoms with E-state index < -0.39 is 0 Å². The smallest absolute Gasteiger partial charge is 0.118 e. The Morgan fingerprint density at radius 2 is 1.71 bits per heavy atom. The summed E-state index contributed by atoms with van der Waals surface area (Å²) in [6.07, 6.45) is 4.78. The summed E-state index contributed by atoms with van der Waals surface area (Å²) in [6.45, 7) is 3.05. The number of rotatable bonds is 6. The molecule has 2 N–H and O–H groups in total. The number of anilines is 2. The summed E-state index contributed by atoms with van der Waals surface area (Å²) in [6, 6.07) is 16.7. The Morgan fingerprint density at radius 1 is 1.00 bits per heavy atom. The van der Waals surface area contributed by atoms with Crippen molar-refractivity contribution in [3.8, 4) is 5.75 Å². The van der Waals surface area contributed by atoms with E-state index in [0.717, 1.165) is 37.5 Å². The third kappa shape index (κ3) is 4.01. The van der Waals surface area contributed by atoms with Crippen LogP contribution in [-0.4, -0.2) is 26.7 Å². The molecular formula is C20H27N3O. The van der Waals surface area contributed by atoms with Crippen LogP contribution in [0.3, 0.4) is 0 Å². The van der Waals surface area contributed by atoms with Crippen LogP contribution < -0.4 is 20.5 Å². The van der Waals surface area contributed by atoms with Crippen LogP contribution in [0.2, 0.25) is 0 Å². The number of hydrazine groups is 1. The van der Waals surface area contributed by atoms with Gasteiger partial charge in [0.25, 0.3) is 0 Å². The standard InChI is InChI=1S/C20H27N3O/c1-24-18-11-9-17(10-12-18)13-16-23(21)20-8-4-3-7-19(20)22-14-5-2-6-15-22/h3-4,7-12H,2,5-6,13-16,21H2,1H3. The Kier molecular flexibility index (Phi) is 5.59. The van der Waals surface area contributed by atoms with Crippen molar-refractivity contribution >= 4 is 11.4 Å². The lowest BCUT2D eigenvalue weighted by Crippen LogP contribution is -2.36. The summed E-state index contributed by atoms with van der Waals surface area (Å²) < 4.78 is 5.21. The number of hydrogen-bond acceptors (Lipinski definition) is 4. The second-order valence-electron chi connectivity index (χ2n) is 6.33.